The zero-order valence-corrected chi connectivity index (χ0v) is 25.5. The van der Waals surface area contributed by atoms with Crippen LogP contribution in [0.1, 0.15) is 79.4 Å². The van der Waals surface area contributed by atoms with E-state index in [4.69, 9.17) is 0 Å². The Morgan fingerprint density at radius 2 is 1.20 bits per heavy atom. The molecule has 0 aliphatic heterocycles. The topological polar surface area (TPSA) is 0 Å². The monoisotopic (exact) mass is 578 g/mol. The van der Waals surface area contributed by atoms with Gasteiger partial charge in [0.2, 0.25) is 0 Å². The van der Waals surface area contributed by atoms with Crippen LogP contribution in [0.15, 0.2) is 82.2 Å². The van der Waals surface area contributed by atoms with Gasteiger partial charge in [-0.25, -0.2) is 0 Å². The second-order valence-corrected chi connectivity index (χ2v) is 15.3. The molecule has 3 aromatic carbocycles. The van der Waals surface area contributed by atoms with Gasteiger partial charge in [-0.05, 0) is 0 Å². The molecule has 0 spiro atoms. The Morgan fingerprint density at radius 1 is 0.686 bits per heavy atom. The predicted molar refractivity (Wildman–Crippen MR) is 138 cm³/mol. The van der Waals surface area contributed by atoms with Gasteiger partial charge in [0.05, 0.1) is 0 Å². The summed E-state index contributed by atoms with van der Waals surface area (Å²) in [6.07, 6.45) is 6.09. The molecule has 0 N–H and O–H groups in total. The van der Waals surface area contributed by atoms with Crippen molar-refractivity contribution in [2.24, 2.45) is 0 Å². The van der Waals surface area contributed by atoms with Crippen LogP contribution in [0.5, 0.6) is 0 Å². The molecule has 0 nitrogen and oxygen atoms in total. The maximum absolute atomic E-state index is 2.54. The molecule has 0 saturated carbocycles. The first kappa shape index (κ1) is 28.2. The van der Waals surface area contributed by atoms with Crippen molar-refractivity contribution in [2.45, 2.75) is 62.4 Å². The predicted octanol–water partition coefficient (Wildman–Crippen LogP) is 2.81. The minimum absolute atomic E-state index is 0. The molecule has 180 valence electrons. The van der Waals surface area contributed by atoms with Crippen LogP contribution in [0.25, 0.3) is 16.7 Å². The number of fused-ring (bicyclic) bond motifs is 3. The molecule has 2 aliphatic rings. The van der Waals surface area contributed by atoms with Gasteiger partial charge in [-0.3, -0.25) is 0 Å². The fraction of sp³-hybridized carbons (Fsp3) is 0.312. The minimum atomic E-state index is -0.857. The molecule has 0 fully saturated rings. The zero-order chi connectivity index (χ0) is 23.4. The molecule has 35 heavy (non-hydrogen) atoms. The van der Waals surface area contributed by atoms with E-state index in [2.05, 4.69) is 120 Å². The van der Waals surface area contributed by atoms with Crippen molar-refractivity contribution in [3.8, 4) is 11.1 Å². The molecule has 5 rings (SSSR count). The van der Waals surface area contributed by atoms with Crippen molar-refractivity contribution in [2.75, 3.05) is 0 Å². The van der Waals surface area contributed by atoms with E-state index in [1.807, 2.05) is 0 Å². The molecule has 3 heteroatoms. The summed E-state index contributed by atoms with van der Waals surface area (Å²) < 4.78 is 2.31. The van der Waals surface area contributed by atoms with Crippen LogP contribution in [0.2, 0.25) is 0 Å². The van der Waals surface area contributed by atoms with Crippen molar-refractivity contribution in [1.82, 2.24) is 0 Å². The first-order chi connectivity index (χ1) is 15.6. The summed E-state index contributed by atoms with van der Waals surface area (Å²) in [5, 5.41) is 0. The molecule has 2 aliphatic carbocycles. The Hall–Kier alpha value is -1.40. The van der Waals surface area contributed by atoms with Crippen molar-refractivity contribution < 1.29 is 48.0 Å². The molecule has 0 bridgehead atoms. The van der Waals surface area contributed by atoms with Gasteiger partial charge in [-0.15, -0.1) is 0 Å². The summed E-state index contributed by atoms with van der Waals surface area (Å²) >= 11 is -0.857. The third kappa shape index (κ3) is 5.64. The first-order valence-corrected chi connectivity index (χ1v) is 14.8. The van der Waals surface area contributed by atoms with E-state index in [1.165, 1.54) is 33.4 Å². The Morgan fingerprint density at radius 3 is 1.69 bits per heavy atom. The molecule has 0 heterocycles. The Balaban J connectivity index is 0.00000171. The smallest absolute Gasteiger partial charge is 1.00 e. The third-order valence-corrected chi connectivity index (χ3v) is 11.1. The molecule has 0 saturated heterocycles. The number of benzene rings is 3. The fourth-order valence-corrected chi connectivity index (χ4v) is 8.97. The number of hydrogen-bond acceptors (Lipinski definition) is 0. The van der Waals surface area contributed by atoms with Gasteiger partial charge in [-0.1, -0.05) is 0 Å². The SMILES string of the molecule is CC(C)(C)c1ccc2c(c1)[CH]([Zr+2][C]1=CC(c3ccccc3)=CC1)c1cc(C(C)(C)C)ccc1-2.[Cl-].[Cl-]. The molecule has 3 aromatic rings. The van der Waals surface area contributed by atoms with Gasteiger partial charge in [0.25, 0.3) is 0 Å². The fourth-order valence-electron chi connectivity index (χ4n) is 4.99. The maximum atomic E-state index is 2.54. The maximum Gasteiger partial charge on any atom is -1.00 e. The van der Waals surface area contributed by atoms with E-state index in [1.54, 1.807) is 14.4 Å². The number of halogens is 2. The van der Waals surface area contributed by atoms with Gasteiger partial charge in [0, 0.05) is 0 Å². The van der Waals surface area contributed by atoms with Crippen LogP contribution in [0.3, 0.4) is 0 Å². The third-order valence-electron chi connectivity index (χ3n) is 7.06. The van der Waals surface area contributed by atoms with Crippen LogP contribution in [0, 0.1) is 0 Å². The molecule has 0 aromatic heterocycles. The van der Waals surface area contributed by atoms with E-state index in [0.29, 0.717) is 3.63 Å². The van der Waals surface area contributed by atoms with E-state index >= 15 is 0 Å². The van der Waals surface area contributed by atoms with E-state index < -0.39 is 23.2 Å². The number of allylic oxidation sites excluding steroid dienone is 4. The van der Waals surface area contributed by atoms with Gasteiger partial charge >= 0.3 is 212 Å². The Kier molecular flexibility index (Phi) is 8.48. The van der Waals surface area contributed by atoms with Gasteiger partial charge < -0.3 is 24.8 Å². The van der Waals surface area contributed by atoms with Crippen molar-refractivity contribution >= 4 is 5.57 Å². The quantitative estimate of drug-likeness (QED) is 0.447. The van der Waals surface area contributed by atoms with E-state index in [0.717, 1.165) is 6.42 Å². The second kappa shape index (κ2) is 10.5. The summed E-state index contributed by atoms with van der Waals surface area (Å²) in [5.74, 6) is 0. The van der Waals surface area contributed by atoms with Crippen molar-refractivity contribution in [3.63, 3.8) is 0 Å². The average Bonchev–Trinajstić information content (AvgIpc) is 3.36. The minimum Gasteiger partial charge on any atom is -1.00 e. The van der Waals surface area contributed by atoms with Gasteiger partial charge in [0.15, 0.2) is 0 Å². The molecule has 0 atom stereocenters. The molecule has 0 amide bonds. The summed E-state index contributed by atoms with van der Waals surface area (Å²) in [7, 11) is 0. The summed E-state index contributed by atoms with van der Waals surface area (Å²) in [6.45, 7) is 14.0. The summed E-state index contributed by atoms with van der Waals surface area (Å²) in [5.41, 5.74) is 12.1. The van der Waals surface area contributed by atoms with E-state index in [9.17, 15) is 0 Å². The second-order valence-electron chi connectivity index (χ2n) is 11.6. The van der Waals surface area contributed by atoms with Gasteiger partial charge in [0.1, 0.15) is 0 Å². The van der Waals surface area contributed by atoms with Crippen LogP contribution in [-0.2, 0) is 34.1 Å². The van der Waals surface area contributed by atoms with Crippen LogP contribution >= 0.6 is 0 Å². The summed E-state index contributed by atoms with van der Waals surface area (Å²) in [4.78, 5) is 0. The zero-order valence-electron chi connectivity index (χ0n) is 21.5. The van der Waals surface area contributed by atoms with Crippen LogP contribution < -0.4 is 24.8 Å². The molecular weight excluding hydrogens is 546 g/mol. The molecule has 0 unspecified atom stereocenters. The van der Waals surface area contributed by atoms with Gasteiger partial charge in [-0.2, -0.15) is 0 Å². The summed E-state index contributed by atoms with van der Waals surface area (Å²) in [6, 6.07) is 25.5. The van der Waals surface area contributed by atoms with Crippen LogP contribution in [0.4, 0.5) is 0 Å². The number of hydrogen-bond donors (Lipinski definition) is 0. The van der Waals surface area contributed by atoms with Crippen LogP contribution in [-0.4, -0.2) is 0 Å². The molecule has 0 radical (unpaired) electrons. The average molecular weight is 581 g/mol. The Labute approximate surface area is 235 Å². The normalized spacial score (nSPS) is 14.7. The van der Waals surface area contributed by atoms with Crippen molar-refractivity contribution in [1.29, 1.82) is 0 Å². The largest absolute Gasteiger partial charge is 1.00 e. The first-order valence-electron chi connectivity index (χ1n) is 12.1. The van der Waals surface area contributed by atoms with Crippen molar-refractivity contribution in [3.05, 3.63) is 110 Å². The Bertz CT molecular complexity index is 1210. The number of rotatable bonds is 3. The standard InChI is InChI=1S/C21H25.C11H9.2ClH.Zr/c1-20(2,3)16-7-9-18-14(12-16)11-15-13-17(21(4,5)6)8-10-19(15)18;1-2-6-10(7-3-1)11-8-4-5-9-11;;;/h7-13H,1-6H3;1-3,6-9H,4H2;2*1H;/q;;;;+2/p-2. The molecular formula is C32H34Cl2Zr. The van der Waals surface area contributed by atoms with E-state index in [-0.39, 0.29) is 35.6 Å².